The fourth-order valence-corrected chi connectivity index (χ4v) is 2.70. The zero-order chi connectivity index (χ0) is 18.5. The van der Waals surface area contributed by atoms with Crippen LogP contribution in [0.1, 0.15) is 25.8 Å². The summed E-state index contributed by atoms with van der Waals surface area (Å²) in [6.07, 6.45) is 2.53. The van der Waals surface area contributed by atoms with Crippen LogP contribution in [0.2, 0.25) is 0 Å². The molecule has 138 valence electrons. The number of para-hydroxylation sites is 1. The number of benzene rings is 1. The zero-order valence-electron chi connectivity index (χ0n) is 15.1. The molecule has 0 saturated heterocycles. The molecule has 1 atom stereocenters. The van der Waals surface area contributed by atoms with Crippen LogP contribution in [0.15, 0.2) is 30.6 Å². The Hall–Kier alpha value is -2.87. The Morgan fingerprint density at radius 2 is 2.04 bits per heavy atom. The monoisotopic (exact) mass is 355 g/mol. The third-order valence-electron chi connectivity index (χ3n) is 4.35. The van der Waals surface area contributed by atoms with E-state index in [0.717, 1.165) is 29.9 Å². The molecular weight excluding hydrogens is 330 g/mol. The Kier molecular flexibility index (Phi) is 5.52. The van der Waals surface area contributed by atoms with Crippen LogP contribution >= 0.6 is 0 Å². The van der Waals surface area contributed by atoms with Crippen molar-refractivity contribution in [2.24, 2.45) is 0 Å². The molecule has 1 unspecified atom stereocenters. The fourth-order valence-electron chi connectivity index (χ4n) is 2.70. The Morgan fingerprint density at radius 3 is 2.73 bits per heavy atom. The lowest BCUT2D eigenvalue weighted by molar-refractivity contribution is 0.271. The highest BCUT2D eigenvalue weighted by atomic mass is 16.3. The molecule has 8 heteroatoms. The van der Waals surface area contributed by atoms with Gasteiger partial charge in [-0.25, -0.2) is 4.98 Å². The molecule has 0 radical (unpaired) electrons. The summed E-state index contributed by atoms with van der Waals surface area (Å²) in [7, 11) is 0. The van der Waals surface area contributed by atoms with Crippen molar-refractivity contribution < 1.29 is 5.11 Å². The van der Waals surface area contributed by atoms with Gasteiger partial charge in [-0.2, -0.15) is 9.97 Å². The van der Waals surface area contributed by atoms with Crippen molar-refractivity contribution in [2.45, 2.75) is 39.4 Å². The topological polar surface area (TPSA) is 114 Å². The number of hydrogen-bond donors (Lipinski definition) is 4. The maximum absolute atomic E-state index is 9.45. The summed E-state index contributed by atoms with van der Waals surface area (Å²) < 4.78 is 1.96. The number of nitrogens with two attached hydrogens (primary N) is 1. The molecule has 1 aromatic carbocycles. The van der Waals surface area contributed by atoms with Gasteiger partial charge in [0.15, 0.2) is 17.0 Å². The van der Waals surface area contributed by atoms with Crippen LogP contribution in [0.5, 0.6) is 0 Å². The number of aliphatic hydroxyl groups is 1. The van der Waals surface area contributed by atoms with Crippen molar-refractivity contribution in [3.8, 4) is 0 Å². The third-order valence-corrected chi connectivity index (χ3v) is 4.35. The van der Waals surface area contributed by atoms with Gasteiger partial charge in [-0.05, 0) is 25.0 Å². The average Bonchev–Trinajstić information content (AvgIpc) is 3.08. The first-order valence-electron chi connectivity index (χ1n) is 8.83. The Balaban J connectivity index is 1.94. The van der Waals surface area contributed by atoms with E-state index in [0.29, 0.717) is 23.8 Å². The summed E-state index contributed by atoms with van der Waals surface area (Å²) in [5, 5.41) is 16.0. The molecule has 0 fully saturated rings. The van der Waals surface area contributed by atoms with Crippen molar-refractivity contribution in [3.05, 3.63) is 36.2 Å². The Morgan fingerprint density at radius 1 is 1.23 bits per heavy atom. The van der Waals surface area contributed by atoms with Crippen LogP contribution in [0.25, 0.3) is 11.2 Å². The first kappa shape index (κ1) is 17.9. The molecular formula is C18H25N7O. The summed E-state index contributed by atoms with van der Waals surface area (Å²) in [6, 6.07) is 7.62. The quantitative estimate of drug-likeness (QED) is 0.458. The van der Waals surface area contributed by atoms with Gasteiger partial charge in [-0.15, -0.1) is 0 Å². The summed E-state index contributed by atoms with van der Waals surface area (Å²) in [4.78, 5) is 13.6. The van der Waals surface area contributed by atoms with E-state index < -0.39 is 0 Å². The molecule has 8 nitrogen and oxygen atoms in total. The van der Waals surface area contributed by atoms with Crippen LogP contribution in [-0.4, -0.2) is 37.3 Å². The standard InChI is InChI=1S/C18H25N7O/c1-3-13(10-26)22-18-23-16(15-17(24-18)25(4-2)11-21-15)20-9-12-7-5-6-8-14(12)19/h5-8,11,13,26H,3-4,9-10,19H2,1-2H3,(H2,20,22,23,24). The summed E-state index contributed by atoms with van der Waals surface area (Å²) in [6.45, 7) is 5.36. The number of imidazole rings is 1. The number of aliphatic hydroxyl groups excluding tert-OH is 1. The molecule has 0 aliphatic heterocycles. The number of anilines is 3. The minimum Gasteiger partial charge on any atom is -0.398 e. The van der Waals surface area contributed by atoms with Gasteiger partial charge >= 0.3 is 0 Å². The van der Waals surface area contributed by atoms with E-state index in [4.69, 9.17) is 5.73 Å². The van der Waals surface area contributed by atoms with Crippen LogP contribution in [0.4, 0.5) is 17.5 Å². The third kappa shape index (κ3) is 3.70. The molecule has 0 amide bonds. The van der Waals surface area contributed by atoms with E-state index in [1.54, 1.807) is 6.33 Å². The van der Waals surface area contributed by atoms with Gasteiger partial charge in [0, 0.05) is 18.8 Å². The molecule has 0 saturated carbocycles. The first-order chi connectivity index (χ1) is 12.7. The van der Waals surface area contributed by atoms with Crippen LogP contribution in [-0.2, 0) is 13.1 Å². The van der Waals surface area contributed by atoms with Gasteiger partial charge in [0.25, 0.3) is 0 Å². The van der Waals surface area contributed by atoms with Crippen molar-refractivity contribution >= 4 is 28.6 Å². The number of aromatic nitrogens is 4. The molecule has 5 N–H and O–H groups in total. The van der Waals surface area contributed by atoms with Crippen LogP contribution in [0.3, 0.4) is 0 Å². The number of nitrogens with one attached hydrogen (secondary N) is 2. The van der Waals surface area contributed by atoms with E-state index in [2.05, 4.69) is 25.6 Å². The van der Waals surface area contributed by atoms with Crippen molar-refractivity contribution in [1.29, 1.82) is 0 Å². The van der Waals surface area contributed by atoms with Gasteiger partial charge in [-0.3, -0.25) is 0 Å². The second-order valence-electron chi connectivity index (χ2n) is 6.08. The SMILES string of the molecule is CCC(CO)Nc1nc(NCc2ccccc2N)c2ncn(CC)c2n1. The minimum absolute atomic E-state index is 0.0221. The van der Waals surface area contributed by atoms with Gasteiger partial charge in [0.1, 0.15) is 0 Å². The van der Waals surface area contributed by atoms with Crippen LogP contribution < -0.4 is 16.4 Å². The van der Waals surface area contributed by atoms with Crippen LogP contribution in [0, 0.1) is 0 Å². The molecule has 0 spiro atoms. The molecule has 0 aliphatic carbocycles. The van der Waals surface area contributed by atoms with E-state index in [1.165, 1.54) is 0 Å². The highest BCUT2D eigenvalue weighted by Crippen LogP contribution is 2.23. The Labute approximate surface area is 152 Å². The smallest absolute Gasteiger partial charge is 0.227 e. The van der Waals surface area contributed by atoms with E-state index in [9.17, 15) is 5.11 Å². The fraction of sp³-hybridized carbons (Fsp3) is 0.389. The normalized spacial score (nSPS) is 12.3. The molecule has 0 bridgehead atoms. The lowest BCUT2D eigenvalue weighted by Crippen LogP contribution is -2.24. The summed E-state index contributed by atoms with van der Waals surface area (Å²) in [5.74, 6) is 1.11. The van der Waals surface area contributed by atoms with E-state index in [-0.39, 0.29) is 12.6 Å². The maximum Gasteiger partial charge on any atom is 0.227 e. The molecule has 2 heterocycles. The predicted octanol–water partition coefficient (Wildman–Crippen LogP) is 2.22. The zero-order valence-corrected chi connectivity index (χ0v) is 15.1. The number of fused-ring (bicyclic) bond motifs is 1. The largest absolute Gasteiger partial charge is 0.398 e. The second kappa shape index (κ2) is 8.01. The molecule has 26 heavy (non-hydrogen) atoms. The number of hydrogen-bond acceptors (Lipinski definition) is 7. The van der Waals surface area contributed by atoms with Gasteiger partial charge in [0.2, 0.25) is 5.95 Å². The minimum atomic E-state index is -0.0944. The lowest BCUT2D eigenvalue weighted by atomic mass is 10.2. The van der Waals surface area contributed by atoms with Crippen molar-refractivity contribution in [1.82, 2.24) is 19.5 Å². The van der Waals surface area contributed by atoms with Gasteiger partial charge in [-0.1, -0.05) is 25.1 Å². The van der Waals surface area contributed by atoms with Gasteiger partial charge in [0.05, 0.1) is 19.0 Å². The summed E-state index contributed by atoms with van der Waals surface area (Å²) >= 11 is 0. The Bertz CT molecular complexity index is 873. The lowest BCUT2D eigenvalue weighted by Gasteiger charge is -2.15. The summed E-state index contributed by atoms with van der Waals surface area (Å²) in [5.41, 5.74) is 9.21. The average molecular weight is 355 g/mol. The molecule has 3 aromatic rings. The molecule has 3 rings (SSSR count). The van der Waals surface area contributed by atoms with Gasteiger partial charge < -0.3 is 26.0 Å². The highest BCUT2D eigenvalue weighted by Gasteiger charge is 2.15. The number of nitrogen functional groups attached to an aromatic ring is 1. The van der Waals surface area contributed by atoms with E-state index in [1.807, 2.05) is 42.7 Å². The first-order valence-corrected chi connectivity index (χ1v) is 8.83. The molecule has 0 aliphatic rings. The molecule has 2 aromatic heterocycles. The van der Waals surface area contributed by atoms with Crippen molar-refractivity contribution in [3.63, 3.8) is 0 Å². The number of rotatable bonds is 8. The predicted molar refractivity (Wildman–Crippen MR) is 104 cm³/mol. The van der Waals surface area contributed by atoms with E-state index >= 15 is 0 Å². The number of aryl methyl sites for hydroxylation is 1. The maximum atomic E-state index is 9.45. The van der Waals surface area contributed by atoms with Crippen molar-refractivity contribution in [2.75, 3.05) is 23.0 Å². The highest BCUT2D eigenvalue weighted by molar-refractivity contribution is 5.84. The number of nitrogens with zero attached hydrogens (tertiary/aromatic N) is 4. The second-order valence-corrected chi connectivity index (χ2v) is 6.08.